The largest absolute Gasteiger partial charge is 0.224 e. The molecule has 0 saturated carbocycles. The summed E-state index contributed by atoms with van der Waals surface area (Å²) < 4.78 is 23.3. The highest BCUT2D eigenvalue weighted by Gasteiger charge is 2.15. The summed E-state index contributed by atoms with van der Waals surface area (Å²) in [6, 6.07) is 13.4. The SMILES string of the molecule is Cc1ccc(C(Br)c2cccc(S(C)(=O)=O)c2)c(C)c1. The Balaban J connectivity index is 2.46. The molecule has 2 nitrogen and oxygen atoms in total. The molecule has 2 aromatic rings. The minimum atomic E-state index is -3.18. The highest BCUT2D eigenvalue weighted by molar-refractivity contribution is 9.09. The highest BCUT2D eigenvalue weighted by atomic mass is 79.9. The Hall–Kier alpha value is -1.13. The zero-order valence-corrected chi connectivity index (χ0v) is 14.1. The van der Waals surface area contributed by atoms with Crippen LogP contribution in [0, 0.1) is 13.8 Å². The van der Waals surface area contributed by atoms with Gasteiger partial charge in [0.2, 0.25) is 0 Å². The molecule has 0 aromatic heterocycles. The lowest BCUT2D eigenvalue weighted by Gasteiger charge is -2.15. The number of halogens is 1. The Morgan fingerprint density at radius 2 is 1.75 bits per heavy atom. The molecule has 0 bridgehead atoms. The first-order valence-corrected chi connectivity index (χ1v) is 9.11. The monoisotopic (exact) mass is 352 g/mol. The molecular weight excluding hydrogens is 336 g/mol. The average molecular weight is 353 g/mol. The maximum atomic E-state index is 11.6. The Morgan fingerprint density at radius 1 is 1.05 bits per heavy atom. The van der Waals surface area contributed by atoms with E-state index in [1.165, 1.54) is 17.4 Å². The minimum absolute atomic E-state index is 0.00944. The van der Waals surface area contributed by atoms with Gasteiger partial charge in [-0.25, -0.2) is 8.42 Å². The van der Waals surface area contributed by atoms with E-state index in [-0.39, 0.29) is 4.83 Å². The molecule has 2 aromatic carbocycles. The topological polar surface area (TPSA) is 34.1 Å². The van der Waals surface area contributed by atoms with Gasteiger partial charge in [0.25, 0.3) is 0 Å². The molecule has 0 N–H and O–H groups in total. The summed E-state index contributed by atoms with van der Waals surface area (Å²) in [5.41, 5.74) is 4.51. The standard InChI is InChI=1S/C16H17BrO2S/c1-11-7-8-15(12(2)9-11)16(17)13-5-4-6-14(10-13)20(3,18)19/h4-10,16H,1-3H3. The first-order chi connectivity index (χ1) is 9.29. The lowest BCUT2D eigenvalue weighted by atomic mass is 9.99. The van der Waals surface area contributed by atoms with Gasteiger partial charge in [-0.3, -0.25) is 0 Å². The second-order valence-corrected chi connectivity index (χ2v) is 8.00. The number of hydrogen-bond acceptors (Lipinski definition) is 2. The van der Waals surface area contributed by atoms with Crippen LogP contribution in [0.15, 0.2) is 47.4 Å². The number of alkyl halides is 1. The van der Waals surface area contributed by atoms with Crippen molar-refractivity contribution in [1.82, 2.24) is 0 Å². The first kappa shape index (κ1) is 15.3. The van der Waals surface area contributed by atoms with Gasteiger partial charge in [-0.1, -0.05) is 51.8 Å². The van der Waals surface area contributed by atoms with Gasteiger partial charge < -0.3 is 0 Å². The van der Waals surface area contributed by atoms with Crippen LogP contribution < -0.4 is 0 Å². The normalized spacial score (nSPS) is 13.2. The van der Waals surface area contributed by atoms with E-state index in [9.17, 15) is 8.42 Å². The number of sulfone groups is 1. The summed E-state index contributed by atoms with van der Waals surface area (Å²) in [7, 11) is -3.18. The van der Waals surface area contributed by atoms with Crippen molar-refractivity contribution in [3.8, 4) is 0 Å². The molecule has 0 fully saturated rings. The van der Waals surface area contributed by atoms with Gasteiger partial charge in [-0.2, -0.15) is 0 Å². The summed E-state index contributed by atoms with van der Waals surface area (Å²) in [5, 5.41) is 0. The maximum absolute atomic E-state index is 11.6. The quantitative estimate of drug-likeness (QED) is 0.776. The molecule has 0 spiro atoms. The van der Waals surface area contributed by atoms with E-state index in [0.29, 0.717) is 4.90 Å². The van der Waals surface area contributed by atoms with Crippen LogP contribution in [0.25, 0.3) is 0 Å². The van der Waals surface area contributed by atoms with E-state index >= 15 is 0 Å². The Bertz CT molecular complexity index is 736. The molecule has 106 valence electrons. The first-order valence-electron chi connectivity index (χ1n) is 6.30. The van der Waals surface area contributed by atoms with Crippen molar-refractivity contribution in [1.29, 1.82) is 0 Å². The van der Waals surface area contributed by atoms with Gasteiger partial charge in [0.05, 0.1) is 9.72 Å². The van der Waals surface area contributed by atoms with Crippen LogP contribution >= 0.6 is 15.9 Å². The van der Waals surface area contributed by atoms with E-state index in [1.807, 2.05) is 6.07 Å². The third-order valence-corrected chi connectivity index (χ3v) is 5.41. The number of aryl methyl sites for hydroxylation is 2. The smallest absolute Gasteiger partial charge is 0.175 e. The average Bonchev–Trinajstić information content (AvgIpc) is 2.37. The van der Waals surface area contributed by atoms with E-state index in [2.05, 4.69) is 48.0 Å². The molecule has 0 heterocycles. The predicted octanol–water partition coefficient (Wildman–Crippen LogP) is 4.19. The van der Waals surface area contributed by atoms with Gasteiger partial charge in [0.1, 0.15) is 0 Å². The molecule has 1 atom stereocenters. The van der Waals surface area contributed by atoms with Crippen molar-refractivity contribution in [3.63, 3.8) is 0 Å². The molecule has 1 unspecified atom stereocenters. The third-order valence-electron chi connectivity index (χ3n) is 3.28. The Labute approximate surface area is 128 Å². The zero-order chi connectivity index (χ0) is 14.9. The molecule has 20 heavy (non-hydrogen) atoms. The highest BCUT2D eigenvalue weighted by Crippen LogP contribution is 2.34. The van der Waals surface area contributed by atoms with Gasteiger partial charge in [-0.15, -0.1) is 0 Å². The third kappa shape index (κ3) is 3.30. The molecule has 0 aliphatic carbocycles. The van der Waals surface area contributed by atoms with Crippen LogP contribution in [0.4, 0.5) is 0 Å². The minimum Gasteiger partial charge on any atom is -0.224 e. The molecule has 4 heteroatoms. The molecular formula is C16H17BrO2S. The van der Waals surface area contributed by atoms with E-state index in [1.54, 1.807) is 18.2 Å². The van der Waals surface area contributed by atoms with Crippen molar-refractivity contribution in [2.75, 3.05) is 6.26 Å². The summed E-state index contributed by atoms with van der Waals surface area (Å²) in [6.07, 6.45) is 1.23. The Kier molecular flexibility index (Phi) is 4.35. The Morgan fingerprint density at radius 3 is 2.35 bits per heavy atom. The molecule has 0 aliphatic heterocycles. The second kappa shape index (κ2) is 5.70. The summed E-state index contributed by atoms with van der Waals surface area (Å²) in [6.45, 7) is 4.13. The van der Waals surface area contributed by atoms with Crippen LogP contribution in [0.2, 0.25) is 0 Å². The van der Waals surface area contributed by atoms with Gasteiger partial charge in [0.15, 0.2) is 9.84 Å². The van der Waals surface area contributed by atoms with Crippen LogP contribution in [0.1, 0.15) is 27.1 Å². The van der Waals surface area contributed by atoms with Gasteiger partial charge >= 0.3 is 0 Å². The molecule has 2 rings (SSSR count). The number of hydrogen-bond donors (Lipinski definition) is 0. The fourth-order valence-electron chi connectivity index (χ4n) is 2.19. The van der Waals surface area contributed by atoms with Crippen LogP contribution in [-0.2, 0) is 9.84 Å². The second-order valence-electron chi connectivity index (χ2n) is 5.07. The van der Waals surface area contributed by atoms with Crippen LogP contribution in [0.3, 0.4) is 0 Å². The van der Waals surface area contributed by atoms with E-state index < -0.39 is 9.84 Å². The molecule has 0 aliphatic rings. The maximum Gasteiger partial charge on any atom is 0.175 e. The molecule has 0 radical (unpaired) electrons. The lowest BCUT2D eigenvalue weighted by molar-refractivity contribution is 0.602. The van der Waals surface area contributed by atoms with E-state index in [0.717, 1.165) is 11.1 Å². The van der Waals surface area contributed by atoms with Crippen LogP contribution in [-0.4, -0.2) is 14.7 Å². The number of rotatable bonds is 3. The van der Waals surface area contributed by atoms with Crippen molar-refractivity contribution >= 4 is 25.8 Å². The summed E-state index contributed by atoms with van der Waals surface area (Å²) >= 11 is 3.68. The molecule has 0 amide bonds. The zero-order valence-electron chi connectivity index (χ0n) is 11.7. The summed E-state index contributed by atoms with van der Waals surface area (Å²) in [5.74, 6) is 0. The molecule has 0 saturated heterocycles. The van der Waals surface area contributed by atoms with Crippen molar-refractivity contribution in [2.45, 2.75) is 23.6 Å². The number of benzene rings is 2. The van der Waals surface area contributed by atoms with E-state index in [4.69, 9.17) is 0 Å². The predicted molar refractivity (Wildman–Crippen MR) is 86.2 cm³/mol. The fraction of sp³-hybridized carbons (Fsp3) is 0.250. The van der Waals surface area contributed by atoms with Crippen molar-refractivity contribution < 1.29 is 8.42 Å². The van der Waals surface area contributed by atoms with Gasteiger partial charge in [-0.05, 0) is 42.7 Å². The van der Waals surface area contributed by atoms with Gasteiger partial charge in [0, 0.05) is 6.26 Å². The van der Waals surface area contributed by atoms with Crippen molar-refractivity contribution in [3.05, 3.63) is 64.7 Å². The van der Waals surface area contributed by atoms with Crippen LogP contribution in [0.5, 0.6) is 0 Å². The fourth-order valence-corrected chi connectivity index (χ4v) is 3.67. The lowest BCUT2D eigenvalue weighted by Crippen LogP contribution is -2.01. The van der Waals surface area contributed by atoms with Crippen molar-refractivity contribution in [2.24, 2.45) is 0 Å². The summed E-state index contributed by atoms with van der Waals surface area (Å²) in [4.78, 5) is 0.342.